The van der Waals surface area contributed by atoms with E-state index in [0.717, 1.165) is 27.9 Å². The van der Waals surface area contributed by atoms with Crippen molar-refractivity contribution in [1.29, 1.82) is 0 Å². The average molecular weight is 746 g/mol. The van der Waals surface area contributed by atoms with E-state index in [1.807, 2.05) is 43.3 Å². The number of rotatable bonds is 8. The zero-order valence-corrected chi connectivity index (χ0v) is 30.3. The molecule has 0 aromatic heterocycles. The van der Waals surface area contributed by atoms with Crippen molar-refractivity contribution < 1.29 is 32.7 Å². The van der Waals surface area contributed by atoms with Crippen LogP contribution < -0.4 is 16.0 Å². The first-order valence-electron chi connectivity index (χ1n) is 18.0. The van der Waals surface area contributed by atoms with Crippen molar-refractivity contribution >= 4 is 51.1 Å². The summed E-state index contributed by atoms with van der Waals surface area (Å²) in [4.78, 5) is 52.2. The topological polar surface area (TPSA) is 165 Å². The van der Waals surface area contributed by atoms with Gasteiger partial charge in [0.2, 0.25) is 27.7 Å². The molecule has 0 radical (unpaired) electrons. The molecule has 4 aromatic rings. The van der Waals surface area contributed by atoms with Gasteiger partial charge in [-0.05, 0) is 96.1 Å². The molecule has 4 atom stereocenters. The maximum Gasteiger partial charge on any atom is 0.255 e. The molecule has 2 fully saturated rings. The van der Waals surface area contributed by atoms with E-state index in [4.69, 9.17) is 0 Å². The second-order valence-corrected chi connectivity index (χ2v) is 16.1. The molecule has 0 spiro atoms. The van der Waals surface area contributed by atoms with Gasteiger partial charge in [0.15, 0.2) is 0 Å². The van der Waals surface area contributed by atoms with E-state index >= 15 is 0 Å². The molecule has 4 aliphatic rings. The lowest BCUT2D eigenvalue weighted by Crippen LogP contribution is -2.52. The molecule has 276 valence electrons. The number of imide groups is 1. The van der Waals surface area contributed by atoms with Crippen LogP contribution in [0.3, 0.4) is 0 Å². The average Bonchev–Trinajstić information content (AvgIpc) is 3.77. The van der Waals surface area contributed by atoms with Gasteiger partial charge in [0, 0.05) is 48.4 Å². The molecule has 1 unspecified atom stereocenters. The first kappa shape index (κ1) is 35.4. The van der Waals surface area contributed by atoms with E-state index in [9.17, 15) is 32.7 Å². The van der Waals surface area contributed by atoms with Gasteiger partial charge in [-0.3, -0.25) is 24.5 Å². The number of carbonyl (C=O) groups excluding carboxylic acids is 4. The molecule has 13 heteroatoms. The SMILES string of the molecule is Cc1ccc(S(=O)(=O)N2CC[C@@H]3[C@H](CO)Nc4ccc(-c5cccc(NC(=O)C=Cc6cccc7c6CN(C6CCC(=O)NC6=O)C7=O)c5)cc4[C@@H]32)cc1. The summed E-state index contributed by atoms with van der Waals surface area (Å²) in [5.74, 6) is -1.62. The number of nitrogens with one attached hydrogen (secondary N) is 3. The Morgan fingerprint density at radius 1 is 0.963 bits per heavy atom. The van der Waals surface area contributed by atoms with Crippen LogP contribution in [0.2, 0.25) is 0 Å². The zero-order chi connectivity index (χ0) is 37.7. The minimum atomic E-state index is -3.82. The van der Waals surface area contributed by atoms with Crippen LogP contribution in [0.25, 0.3) is 17.2 Å². The smallest absolute Gasteiger partial charge is 0.255 e. The van der Waals surface area contributed by atoms with Gasteiger partial charge in [-0.1, -0.05) is 48.0 Å². The lowest BCUT2D eigenvalue weighted by atomic mass is 9.82. The highest BCUT2D eigenvalue weighted by Gasteiger charge is 2.48. The summed E-state index contributed by atoms with van der Waals surface area (Å²) < 4.78 is 29.5. The highest BCUT2D eigenvalue weighted by Crippen LogP contribution is 2.49. The number of hydrogen-bond acceptors (Lipinski definition) is 8. The zero-order valence-electron chi connectivity index (χ0n) is 29.5. The molecule has 2 saturated heterocycles. The molecular weight excluding hydrogens is 707 g/mol. The third-order valence-electron chi connectivity index (χ3n) is 10.9. The number of aliphatic hydroxyl groups excluding tert-OH is 1. The molecule has 4 aromatic carbocycles. The Kier molecular flexibility index (Phi) is 9.16. The normalized spacial score (nSPS) is 22.4. The van der Waals surface area contributed by atoms with Crippen LogP contribution in [0.5, 0.6) is 0 Å². The maximum absolute atomic E-state index is 14.0. The van der Waals surface area contributed by atoms with Crippen LogP contribution in [0, 0.1) is 12.8 Å². The van der Waals surface area contributed by atoms with Crippen LogP contribution in [0.15, 0.2) is 95.9 Å². The summed E-state index contributed by atoms with van der Waals surface area (Å²) in [7, 11) is -3.82. The Morgan fingerprint density at radius 3 is 2.52 bits per heavy atom. The largest absolute Gasteiger partial charge is 0.394 e. The third kappa shape index (κ3) is 6.37. The molecule has 4 heterocycles. The minimum absolute atomic E-state index is 0.122. The summed E-state index contributed by atoms with van der Waals surface area (Å²) in [5, 5.41) is 18.9. The highest BCUT2D eigenvalue weighted by molar-refractivity contribution is 7.89. The van der Waals surface area contributed by atoms with Crippen molar-refractivity contribution in [1.82, 2.24) is 14.5 Å². The first-order chi connectivity index (χ1) is 26.0. The molecule has 0 aliphatic carbocycles. The minimum Gasteiger partial charge on any atom is -0.394 e. The molecule has 54 heavy (non-hydrogen) atoms. The molecule has 12 nitrogen and oxygen atoms in total. The third-order valence-corrected chi connectivity index (χ3v) is 12.8. The summed E-state index contributed by atoms with van der Waals surface area (Å²) in [6, 6.07) is 23.8. The number of aliphatic hydroxyl groups is 1. The van der Waals surface area contributed by atoms with Gasteiger partial charge < -0.3 is 20.6 Å². The fraction of sp³-hybridized carbons (Fsp3) is 0.268. The number of amides is 4. The fourth-order valence-electron chi connectivity index (χ4n) is 8.21. The predicted molar refractivity (Wildman–Crippen MR) is 202 cm³/mol. The molecule has 4 aliphatic heterocycles. The molecular formula is C41H39N5O7S. The summed E-state index contributed by atoms with van der Waals surface area (Å²) in [6.45, 7) is 2.32. The summed E-state index contributed by atoms with van der Waals surface area (Å²) in [5.41, 5.74) is 6.63. The Hall–Kier alpha value is -5.63. The molecule has 0 bridgehead atoms. The van der Waals surface area contributed by atoms with Crippen LogP contribution in [0.4, 0.5) is 11.4 Å². The number of hydrogen-bond donors (Lipinski definition) is 4. The first-order valence-corrected chi connectivity index (χ1v) is 19.4. The van der Waals surface area contributed by atoms with Gasteiger partial charge in [-0.15, -0.1) is 0 Å². The van der Waals surface area contributed by atoms with Crippen LogP contribution in [0.1, 0.15) is 57.9 Å². The maximum atomic E-state index is 14.0. The quantitative estimate of drug-likeness (QED) is 0.150. The van der Waals surface area contributed by atoms with E-state index in [0.29, 0.717) is 35.3 Å². The molecule has 0 saturated carbocycles. The van der Waals surface area contributed by atoms with Gasteiger partial charge in [-0.2, -0.15) is 4.31 Å². The Balaban J connectivity index is 1.01. The van der Waals surface area contributed by atoms with Crippen molar-refractivity contribution in [2.75, 3.05) is 23.8 Å². The van der Waals surface area contributed by atoms with Gasteiger partial charge in [-0.25, -0.2) is 8.42 Å². The van der Waals surface area contributed by atoms with Crippen molar-refractivity contribution in [2.24, 2.45) is 5.92 Å². The number of benzene rings is 4. The van der Waals surface area contributed by atoms with E-state index in [1.165, 1.54) is 11.0 Å². The molecule has 8 rings (SSSR count). The van der Waals surface area contributed by atoms with Gasteiger partial charge in [0.25, 0.3) is 5.91 Å². The van der Waals surface area contributed by atoms with Crippen LogP contribution in [-0.2, 0) is 31.0 Å². The standard InChI is InChI=1S/C41H39N5O7S/c1-24-8-12-29(13-9-24)54(52,53)46-19-18-31-35(23-47)43-34-14-10-27(21-32(34)39(31)46)26-5-2-6-28(20-26)42-37(48)16-11-25-4-3-7-30-33(25)22-45(41(30)51)36-15-17-38(49)44-40(36)50/h2-14,16,20-21,31,35-36,39,43,47H,15,17-19,22-23H2,1H3,(H,42,48)(H,44,49,50)/t31-,35+,36?,39-/m1/s1. The lowest BCUT2D eigenvalue weighted by Gasteiger charge is -2.39. The Morgan fingerprint density at radius 2 is 1.74 bits per heavy atom. The number of sulfonamides is 1. The fourth-order valence-corrected chi connectivity index (χ4v) is 9.87. The van der Waals surface area contributed by atoms with Gasteiger partial charge >= 0.3 is 0 Å². The predicted octanol–water partition coefficient (Wildman–Crippen LogP) is 4.61. The van der Waals surface area contributed by atoms with Crippen molar-refractivity contribution in [2.45, 2.75) is 55.8 Å². The number of anilines is 2. The van der Waals surface area contributed by atoms with Crippen LogP contribution in [-0.4, -0.2) is 71.6 Å². The van der Waals surface area contributed by atoms with E-state index < -0.39 is 28.0 Å². The number of nitrogens with zero attached hydrogens (tertiary/aromatic N) is 2. The second kappa shape index (κ2) is 14.0. The second-order valence-electron chi connectivity index (χ2n) is 14.2. The Bertz CT molecular complexity index is 2340. The lowest BCUT2D eigenvalue weighted by molar-refractivity contribution is -0.137. The van der Waals surface area contributed by atoms with Crippen molar-refractivity contribution in [3.8, 4) is 11.1 Å². The van der Waals surface area contributed by atoms with E-state index in [2.05, 4.69) is 16.0 Å². The number of piperidine rings is 1. The monoisotopic (exact) mass is 745 g/mol. The van der Waals surface area contributed by atoms with E-state index in [1.54, 1.807) is 58.9 Å². The molecule has 4 N–H and O–H groups in total. The number of fused-ring (bicyclic) bond motifs is 4. The van der Waals surface area contributed by atoms with Crippen molar-refractivity contribution in [3.05, 3.63) is 119 Å². The Labute approximate surface area is 312 Å². The highest BCUT2D eigenvalue weighted by atomic mass is 32.2. The van der Waals surface area contributed by atoms with Crippen molar-refractivity contribution in [3.63, 3.8) is 0 Å². The summed E-state index contributed by atoms with van der Waals surface area (Å²) in [6.07, 6.45) is 4.07. The van der Waals surface area contributed by atoms with Crippen LogP contribution >= 0.6 is 0 Å². The molecule has 4 amide bonds. The van der Waals surface area contributed by atoms with Gasteiger partial charge in [0.05, 0.1) is 23.6 Å². The van der Waals surface area contributed by atoms with Gasteiger partial charge in [0.1, 0.15) is 6.04 Å². The summed E-state index contributed by atoms with van der Waals surface area (Å²) >= 11 is 0. The van der Waals surface area contributed by atoms with E-state index in [-0.39, 0.29) is 60.6 Å². The number of carbonyl (C=O) groups is 4. The number of aryl methyl sites for hydroxylation is 1.